The van der Waals surface area contributed by atoms with Crippen molar-refractivity contribution in [3.05, 3.63) is 56.1 Å². The van der Waals surface area contributed by atoms with Crippen molar-refractivity contribution < 1.29 is 14.7 Å². The first-order valence-corrected chi connectivity index (χ1v) is 7.70. The van der Waals surface area contributed by atoms with E-state index in [4.69, 9.17) is 5.11 Å². The molecule has 0 saturated carbocycles. The Morgan fingerprint density at radius 3 is 2.43 bits per heavy atom. The average Bonchev–Trinajstić information content (AvgIpc) is 2.43. The summed E-state index contributed by atoms with van der Waals surface area (Å²) in [5, 5.41) is 14.4. The number of benzene rings is 2. The van der Waals surface area contributed by atoms with Crippen LogP contribution in [0.5, 0.6) is 0 Å². The van der Waals surface area contributed by atoms with Crippen LogP contribution < -0.4 is 10.6 Å². The third-order valence-electron chi connectivity index (χ3n) is 2.60. The van der Waals surface area contributed by atoms with Gasteiger partial charge in [0.2, 0.25) is 0 Å². The van der Waals surface area contributed by atoms with Crippen molar-refractivity contribution in [3.8, 4) is 0 Å². The number of carboxylic acid groups (broad SMARTS) is 1. The molecule has 0 unspecified atom stereocenters. The molecule has 2 rings (SSSR count). The minimum absolute atomic E-state index is 0.0160. The highest BCUT2D eigenvalue weighted by molar-refractivity contribution is 14.1. The van der Waals surface area contributed by atoms with Crippen LogP contribution in [0, 0.1) is 3.57 Å². The molecule has 5 nitrogen and oxygen atoms in total. The quantitative estimate of drug-likeness (QED) is 0.594. The van der Waals surface area contributed by atoms with E-state index in [1.807, 2.05) is 12.1 Å². The van der Waals surface area contributed by atoms with Crippen molar-refractivity contribution in [1.29, 1.82) is 0 Å². The molecule has 0 aliphatic heterocycles. The molecule has 0 bridgehead atoms. The monoisotopic (exact) mass is 460 g/mol. The van der Waals surface area contributed by atoms with Crippen molar-refractivity contribution in [2.75, 3.05) is 10.6 Å². The van der Waals surface area contributed by atoms with Crippen LogP contribution in [0.1, 0.15) is 10.4 Å². The van der Waals surface area contributed by atoms with Gasteiger partial charge < -0.3 is 15.7 Å². The van der Waals surface area contributed by atoms with E-state index >= 15 is 0 Å². The van der Waals surface area contributed by atoms with Crippen LogP contribution in [0.4, 0.5) is 16.2 Å². The molecule has 7 heteroatoms. The molecule has 0 spiro atoms. The van der Waals surface area contributed by atoms with Gasteiger partial charge in [-0.05, 0) is 62.8 Å². The summed E-state index contributed by atoms with van der Waals surface area (Å²) < 4.78 is 1.39. The number of urea groups is 1. The van der Waals surface area contributed by atoms with Gasteiger partial charge in [-0.1, -0.05) is 18.2 Å². The van der Waals surface area contributed by atoms with E-state index in [0.717, 1.165) is 3.57 Å². The third-order valence-corrected chi connectivity index (χ3v) is 4.21. The highest BCUT2D eigenvalue weighted by Gasteiger charge is 2.15. The second-order valence-corrected chi connectivity index (χ2v) is 6.04. The molecular formula is C14H10BrIN2O3. The number of hydrogen-bond acceptors (Lipinski definition) is 2. The molecule has 2 amide bonds. The van der Waals surface area contributed by atoms with Crippen molar-refractivity contribution in [2.24, 2.45) is 0 Å². The summed E-state index contributed by atoms with van der Waals surface area (Å²) >= 11 is 5.34. The Bertz CT molecular complexity index is 706. The maximum Gasteiger partial charge on any atom is 0.337 e. The maximum atomic E-state index is 12.0. The summed E-state index contributed by atoms with van der Waals surface area (Å²) in [6.07, 6.45) is 0. The fraction of sp³-hybridized carbons (Fsp3) is 0. The molecule has 0 heterocycles. The number of halogens is 2. The molecule has 0 atom stereocenters. The second-order valence-electron chi connectivity index (χ2n) is 4.03. The standard InChI is InChI=1S/C14H10BrIN2O3/c15-9-5-3-4-8(13(19)20)12(9)18-14(21)17-11-7-2-1-6-10(11)16/h1-7H,(H,19,20)(H2,17,18,21). The molecule has 0 radical (unpaired) electrons. The smallest absolute Gasteiger partial charge is 0.337 e. The summed E-state index contributed by atoms with van der Waals surface area (Å²) in [5.41, 5.74) is 0.884. The Labute approximate surface area is 143 Å². The number of carbonyl (C=O) groups excluding carboxylic acids is 1. The Kier molecular flexibility index (Phi) is 5.18. The van der Waals surface area contributed by atoms with E-state index in [1.54, 1.807) is 24.3 Å². The lowest BCUT2D eigenvalue weighted by Gasteiger charge is -2.12. The summed E-state index contributed by atoms with van der Waals surface area (Å²) in [7, 11) is 0. The largest absolute Gasteiger partial charge is 0.478 e. The number of para-hydroxylation sites is 2. The number of carbonyl (C=O) groups is 2. The Balaban J connectivity index is 2.21. The number of rotatable bonds is 3. The van der Waals surface area contributed by atoms with E-state index in [9.17, 15) is 9.59 Å². The number of nitrogens with one attached hydrogen (secondary N) is 2. The van der Waals surface area contributed by atoms with Crippen LogP contribution in [0.15, 0.2) is 46.9 Å². The molecule has 21 heavy (non-hydrogen) atoms. The number of carboxylic acids is 1. The first-order valence-electron chi connectivity index (χ1n) is 5.83. The number of hydrogen-bond donors (Lipinski definition) is 3. The zero-order valence-electron chi connectivity index (χ0n) is 10.6. The SMILES string of the molecule is O=C(Nc1ccccc1I)Nc1c(Br)cccc1C(=O)O. The van der Waals surface area contributed by atoms with Gasteiger partial charge in [0.1, 0.15) is 0 Å². The number of anilines is 2. The molecule has 0 aromatic heterocycles. The first kappa shape index (κ1) is 15.8. The Morgan fingerprint density at radius 1 is 1.05 bits per heavy atom. The first-order chi connectivity index (χ1) is 9.99. The van der Waals surface area contributed by atoms with Crippen LogP contribution >= 0.6 is 38.5 Å². The van der Waals surface area contributed by atoms with Crippen LogP contribution in [0.2, 0.25) is 0 Å². The topological polar surface area (TPSA) is 78.4 Å². The highest BCUT2D eigenvalue weighted by Crippen LogP contribution is 2.27. The summed E-state index contributed by atoms with van der Waals surface area (Å²) in [6, 6.07) is 11.5. The molecule has 2 aromatic rings. The van der Waals surface area contributed by atoms with Crippen molar-refractivity contribution in [2.45, 2.75) is 0 Å². The van der Waals surface area contributed by atoms with E-state index < -0.39 is 12.0 Å². The highest BCUT2D eigenvalue weighted by atomic mass is 127. The molecule has 108 valence electrons. The molecule has 0 fully saturated rings. The fourth-order valence-electron chi connectivity index (χ4n) is 1.66. The number of aromatic carboxylic acids is 1. The minimum atomic E-state index is -1.11. The van der Waals surface area contributed by atoms with Gasteiger partial charge in [-0.3, -0.25) is 0 Å². The third kappa shape index (κ3) is 3.94. The van der Waals surface area contributed by atoms with Gasteiger partial charge in [-0.25, -0.2) is 9.59 Å². The molecule has 2 aromatic carbocycles. The lowest BCUT2D eigenvalue weighted by Crippen LogP contribution is -2.21. The summed E-state index contributed by atoms with van der Waals surface area (Å²) in [4.78, 5) is 23.2. The van der Waals surface area contributed by atoms with Gasteiger partial charge in [0, 0.05) is 8.04 Å². The molecular weight excluding hydrogens is 451 g/mol. The fourth-order valence-corrected chi connectivity index (χ4v) is 2.65. The van der Waals surface area contributed by atoms with Crippen molar-refractivity contribution in [1.82, 2.24) is 0 Å². The summed E-state index contributed by atoms with van der Waals surface area (Å²) in [6.45, 7) is 0. The van der Waals surface area contributed by atoms with Gasteiger partial charge in [0.05, 0.1) is 16.9 Å². The Hall–Kier alpha value is -1.61. The zero-order chi connectivity index (χ0) is 15.4. The summed E-state index contributed by atoms with van der Waals surface area (Å²) in [5.74, 6) is -1.11. The van der Waals surface area contributed by atoms with E-state index in [0.29, 0.717) is 10.2 Å². The van der Waals surface area contributed by atoms with Crippen molar-refractivity contribution in [3.63, 3.8) is 0 Å². The van der Waals surface area contributed by atoms with E-state index in [1.165, 1.54) is 6.07 Å². The predicted molar refractivity (Wildman–Crippen MR) is 92.9 cm³/mol. The molecule has 0 aliphatic rings. The van der Waals surface area contributed by atoms with E-state index in [2.05, 4.69) is 49.2 Å². The van der Waals surface area contributed by atoms with Crippen molar-refractivity contribution >= 4 is 61.9 Å². The molecule has 0 saturated heterocycles. The molecule has 0 aliphatic carbocycles. The molecule has 3 N–H and O–H groups in total. The zero-order valence-corrected chi connectivity index (χ0v) is 14.3. The van der Waals surface area contributed by atoms with Crippen LogP contribution in [-0.4, -0.2) is 17.1 Å². The lowest BCUT2D eigenvalue weighted by molar-refractivity contribution is 0.0698. The van der Waals surface area contributed by atoms with Gasteiger partial charge in [0.25, 0.3) is 0 Å². The van der Waals surface area contributed by atoms with Gasteiger partial charge in [0.15, 0.2) is 0 Å². The maximum absolute atomic E-state index is 12.0. The Morgan fingerprint density at radius 2 is 1.76 bits per heavy atom. The lowest BCUT2D eigenvalue weighted by atomic mass is 10.2. The minimum Gasteiger partial charge on any atom is -0.478 e. The van der Waals surface area contributed by atoms with Crippen LogP contribution in [0.25, 0.3) is 0 Å². The second kappa shape index (κ2) is 6.90. The normalized spacial score (nSPS) is 10.0. The van der Waals surface area contributed by atoms with Gasteiger partial charge in [-0.15, -0.1) is 0 Å². The predicted octanol–water partition coefficient (Wildman–Crippen LogP) is 4.40. The van der Waals surface area contributed by atoms with Gasteiger partial charge >= 0.3 is 12.0 Å². The van der Waals surface area contributed by atoms with Gasteiger partial charge in [-0.2, -0.15) is 0 Å². The van der Waals surface area contributed by atoms with E-state index in [-0.39, 0.29) is 11.3 Å². The van der Waals surface area contributed by atoms with Crippen LogP contribution in [-0.2, 0) is 0 Å². The average molecular weight is 461 g/mol. The van der Waals surface area contributed by atoms with Crippen LogP contribution in [0.3, 0.4) is 0 Å². The number of amides is 2.